The zero-order chi connectivity index (χ0) is 12.9. The van der Waals surface area contributed by atoms with Crippen LogP contribution in [-0.4, -0.2) is 25.7 Å². The minimum atomic E-state index is -0.113. The van der Waals surface area contributed by atoms with Crippen LogP contribution in [0.15, 0.2) is 24.3 Å². The molecule has 0 aliphatic rings. The number of carbonyl (C=O) groups is 1. The Morgan fingerprint density at radius 1 is 1.29 bits per heavy atom. The van der Waals surface area contributed by atoms with E-state index in [4.69, 9.17) is 4.74 Å². The van der Waals surface area contributed by atoms with Gasteiger partial charge in [-0.3, -0.25) is 4.79 Å². The minimum Gasteiger partial charge on any atom is -0.380 e. The molecule has 0 aromatic heterocycles. The number of nitrogens with one attached hydrogen (secondary N) is 1. The molecular weight excluding hydrogens is 214 g/mol. The van der Waals surface area contributed by atoms with Crippen LogP contribution in [0.1, 0.15) is 39.5 Å². The lowest BCUT2D eigenvalue weighted by molar-refractivity contribution is -0.117. The molecular formula is C14H25NO2. The highest BCUT2D eigenvalue weighted by atomic mass is 16.5. The Kier molecular flexibility index (Phi) is 10.7. The van der Waals surface area contributed by atoms with E-state index in [1.165, 1.54) is 0 Å². The lowest BCUT2D eigenvalue weighted by Gasteiger charge is -2.05. The van der Waals surface area contributed by atoms with Crippen LogP contribution >= 0.6 is 0 Å². The van der Waals surface area contributed by atoms with Crippen molar-refractivity contribution in [3.8, 4) is 0 Å². The molecule has 0 aliphatic carbocycles. The van der Waals surface area contributed by atoms with Crippen molar-refractivity contribution >= 4 is 5.91 Å². The van der Waals surface area contributed by atoms with E-state index in [1.807, 2.05) is 6.08 Å². The lowest BCUT2D eigenvalue weighted by atomic mass is 10.2. The SMILES string of the molecule is C=C(/C=C\CCCC)C(=O)NCCOCCC. The number of hydrogen-bond acceptors (Lipinski definition) is 2. The Hall–Kier alpha value is -1.09. The number of amides is 1. The van der Waals surface area contributed by atoms with Gasteiger partial charge < -0.3 is 10.1 Å². The number of unbranched alkanes of at least 4 members (excludes halogenated alkanes) is 2. The van der Waals surface area contributed by atoms with E-state index in [9.17, 15) is 4.79 Å². The van der Waals surface area contributed by atoms with Crippen LogP contribution < -0.4 is 5.32 Å². The zero-order valence-corrected chi connectivity index (χ0v) is 11.1. The summed E-state index contributed by atoms with van der Waals surface area (Å²) >= 11 is 0. The van der Waals surface area contributed by atoms with Gasteiger partial charge in [0.25, 0.3) is 5.91 Å². The molecule has 1 N–H and O–H groups in total. The molecule has 0 aromatic rings. The summed E-state index contributed by atoms with van der Waals surface area (Å²) in [6.07, 6.45) is 8.11. The van der Waals surface area contributed by atoms with Gasteiger partial charge >= 0.3 is 0 Å². The Bertz CT molecular complexity index is 247. The number of ether oxygens (including phenoxy) is 1. The fourth-order valence-electron chi connectivity index (χ4n) is 1.22. The minimum absolute atomic E-state index is 0.113. The third-order valence-electron chi connectivity index (χ3n) is 2.22. The van der Waals surface area contributed by atoms with Crippen LogP contribution in [-0.2, 0) is 9.53 Å². The fraction of sp³-hybridized carbons (Fsp3) is 0.643. The molecule has 98 valence electrons. The fourth-order valence-corrected chi connectivity index (χ4v) is 1.22. The molecule has 3 nitrogen and oxygen atoms in total. The molecule has 0 heterocycles. The summed E-state index contributed by atoms with van der Waals surface area (Å²) in [6, 6.07) is 0. The van der Waals surface area contributed by atoms with E-state index in [1.54, 1.807) is 6.08 Å². The van der Waals surface area contributed by atoms with Crippen LogP contribution in [0.4, 0.5) is 0 Å². The standard InChI is InChI=1S/C14H25NO2/c1-4-6-7-8-9-13(3)14(16)15-10-12-17-11-5-2/h8-9H,3-7,10-12H2,1-2H3,(H,15,16)/b9-8-. The topological polar surface area (TPSA) is 38.3 Å². The van der Waals surface area contributed by atoms with Crippen molar-refractivity contribution in [2.24, 2.45) is 0 Å². The summed E-state index contributed by atoms with van der Waals surface area (Å²) in [6.45, 7) is 9.78. The van der Waals surface area contributed by atoms with Crippen molar-refractivity contribution in [1.29, 1.82) is 0 Å². The second kappa shape index (κ2) is 11.4. The van der Waals surface area contributed by atoms with Crippen molar-refractivity contribution in [1.82, 2.24) is 5.32 Å². The van der Waals surface area contributed by atoms with E-state index in [0.717, 1.165) is 32.3 Å². The molecule has 1 amide bonds. The quantitative estimate of drug-likeness (QED) is 0.362. The summed E-state index contributed by atoms with van der Waals surface area (Å²) in [4.78, 5) is 11.5. The van der Waals surface area contributed by atoms with Crippen molar-refractivity contribution in [2.45, 2.75) is 39.5 Å². The highest BCUT2D eigenvalue weighted by Crippen LogP contribution is 1.99. The molecule has 0 spiro atoms. The molecule has 0 aromatic carbocycles. The number of rotatable bonds is 10. The predicted molar refractivity (Wildman–Crippen MR) is 71.9 cm³/mol. The van der Waals surface area contributed by atoms with E-state index < -0.39 is 0 Å². The summed E-state index contributed by atoms with van der Waals surface area (Å²) < 4.78 is 5.26. The van der Waals surface area contributed by atoms with E-state index in [0.29, 0.717) is 18.7 Å². The van der Waals surface area contributed by atoms with Gasteiger partial charge in [0.2, 0.25) is 0 Å². The zero-order valence-electron chi connectivity index (χ0n) is 11.1. The smallest absolute Gasteiger partial charge is 0.250 e. The first kappa shape index (κ1) is 15.9. The van der Waals surface area contributed by atoms with Gasteiger partial charge in [-0.15, -0.1) is 0 Å². The van der Waals surface area contributed by atoms with Crippen LogP contribution in [0.25, 0.3) is 0 Å². The van der Waals surface area contributed by atoms with Gasteiger partial charge in [-0.05, 0) is 12.8 Å². The second-order valence-corrected chi connectivity index (χ2v) is 3.94. The van der Waals surface area contributed by atoms with Gasteiger partial charge in [-0.25, -0.2) is 0 Å². The van der Waals surface area contributed by atoms with E-state index in [2.05, 4.69) is 25.7 Å². The number of hydrogen-bond donors (Lipinski definition) is 1. The Balaban J connectivity index is 3.60. The molecule has 0 saturated heterocycles. The van der Waals surface area contributed by atoms with Crippen molar-refractivity contribution in [3.05, 3.63) is 24.3 Å². The third kappa shape index (κ3) is 9.82. The predicted octanol–water partition coefficient (Wildman–Crippen LogP) is 2.83. The van der Waals surface area contributed by atoms with Gasteiger partial charge in [-0.2, -0.15) is 0 Å². The van der Waals surface area contributed by atoms with Crippen LogP contribution in [0, 0.1) is 0 Å². The Morgan fingerprint density at radius 2 is 2.06 bits per heavy atom. The molecule has 0 atom stereocenters. The highest BCUT2D eigenvalue weighted by molar-refractivity contribution is 5.95. The first-order valence-corrected chi connectivity index (χ1v) is 6.43. The molecule has 0 unspecified atom stereocenters. The average molecular weight is 239 g/mol. The average Bonchev–Trinajstić information content (AvgIpc) is 2.34. The Morgan fingerprint density at radius 3 is 2.71 bits per heavy atom. The van der Waals surface area contributed by atoms with Gasteiger partial charge in [0.05, 0.1) is 6.61 Å². The molecule has 0 saturated carbocycles. The van der Waals surface area contributed by atoms with Crippen LogP contribution in [0.3, 0.4) is 0 Å². The third-order valence-corrected chi connectivity index (χ3v) is 2.22. The monoisotopic (exact) mass is 239 g/mol. The molecule has 0 aliphatic heterocycles. The molecule has 17 heavy (non-hydrogen) atoms. The van der Waals surface area contributed by atoms with Crippen molar-refractivity contribution in [3.63, 3.8) is 0 Å². The van der Waals surface area contributed by atoms with Gasteiger partial charge in [-0.1, -0.05) is 45.4 Å². The van der Waals surface area contributed by atoms with Crippen molar-refractivity contribution in [2.75, 3.05) is 19.8 Å². The van der Waals surface area contributed by atoms with Crippen LogP contribution in [0.2, 0.25) is 0 Å². The van der Waals surface area contributed by atoms with Gasteiger partial charge in [0.1, 0.15) is 0 Å². The summed E-state index contributed by atoms with van der Waals surface area (Å²) in [7, 11) is 0. The van der Waals surface area contributed by atoms with Crippen molar-refractivity contribution < 1.29 is 9.53 Å². The summed E-state index contributed by atoms with van der Waals surface area (Å²) in [5, 5.41) is 2.77. The van der Waals surface area contributed by atoms with Gasteiger partial charge in [0, 0.05) is 18.7 Å². The maximum absolute atomic E-state index is 11.5. The Labute approximate surface area is 105 Å². The second-order valence-electron chi connectivity index (χ2n) is 3.94. The molecule has 0 fully saturated rings. The van der Waals surface area contributed by atoms with Crippen LogP contribution in [0.5, 0.6) is 0 Å². The molecule has 0 bridgehead atoms. The number of carbonyl (C=O) groups excluding carboxylic acids is 1. The van der Waals surface area contributed by atoms with E-state index in [-0.39, 0.29) is 5.91 Å². The molecule has 0 radical (unpaired) electrons. The lowest BCUT2D eigenvalue weighted by Crippen LogP contribution is -2.27. The normalized spacial score (nSPS) is 10.7. The van der Waals surface area contributed by atoms with E-state index >= 15 is 0 Å². The molecule has 0 rings (SSSR count). The molecule has 3 heteroatoms. The number of allylic oxidation sites excluding steroid dienone is 1. The first-order valence-electron chi connectivity index (χ1n) is 6.43. The first-order chi connectivity index (χ1) is 8.22. The highest BCUT2D eigenvalue weighted by Gasteiger charge is 2.01. The largest absolute Gasteiger partial charge is 0.380 e. The summed E-state index contributed by atoms with van der Waals surface area (Å²) in [5.41, 5.74) is 0.511. The summed E-state index contributed by atoms with van der Waals surface area (Å²) in [5.74, 6) is -0.113. The maximum atomic E-state index is 11.5. The maximum Gasteiger partial charge on any atom is 0.250 e. The van der Waals surface area contributed by atoms with Gasteiger partial charge in [0.15, 0.2) is 0 Å².